The first-order chi connectivity index (χ1) is 5.65. The second-order valence-corrected chi connectivity index (χ2v) is 3.75. The Morgan fingerprint density at radius 3 is 2.67 bits per heavy atom. The third-order valence-corrected chi connectivity index (χ3v) is 2.29. The van der Waals surface area contributed by atoms with Crippen LogP contribution in [0.1, 0.15) is 11.6 Å². The van der Waals surface area contributed by atoms with E-state index in [1.807, 2.05) is 28.7 Å². The molecular formula is C8H10FIN2. The Morgan fingerprint density at radius 2 is 2.17 bits per heavy atom. The van der Waals surface area contributed by atoms with Crippen LogP contribution in [0.5, 0.6) is 0 Å². The van der Waals surface area contributed by atoms with E-state index in [4.69, 9.17) is 11.5 Å². The molecule has 4 heteroatoms. The molecule has 0 heterocycles. The van der Waals surface area contributed by atoms with Crippen molar-refractivity contribution in [2.24, 2.45) is 11.5 Å². The summed E-state index contributed by atoms with van der Waals surface area (Å²) in [5.41, 5.74) is 11.4. The fraction of sp³-hybridized carbons (Fsp3) is 0.250. The molecule has 0 aromatic heterocycles. The molecule has 0 spiro atoms. The summed E-state index contributed by atoms with van der Waals surface area (Å²) in [6.45, 7) is 0.261. The molecule has 0 saturated carbocycles. The van der Waals surface area contributed by atoms with Gasteiger partial charge in [0.05, 0.1) is 0 Å². The third kappa shape index (κ3) is 2.15. The zero-order valence-corrected chi connectivity index (χ0v) is 8.58. The van der Waals surface area contributed by atoms with Gasteiger partial charge in [-0.25, -0.2) is 4.39 Å². The van der Waals surface area contributed by atoms with E-state index in [9.17, 15) is 4.39 Å². The van der Waals surface area contributed by atoms with E-state index in [0.29, 0.717) is 5.56 Å². The van der Waals surface area contributed by atoms with E-state index in [2.05, 4.69) is 0 Å². The maximum absolute atomic E-state index is 13.1. The average Bonchev–Trinajstić information content (AvgIpc) is 2.03. The molecule has 0 aliphatic heterocycles. The molecule has 1 atom stereocenters. The normalized spacial score (nSPS) is 13.0. The molecular weight excluding hydrogens is 270 g/mol. The molecule has 2 nitrogen and oxygen atoms in total. The van der Waals surface area contributed by atoms with Crippen molar-refractivity contribution in [2.75, 3.05) is 6.54 Å². The van der Waals surface area contributed by atoms with Crippen molar-refractivity contribution in [1.82, 2.24) is 0 Å². The van der Waals surface area contributed by atoms with Gasteiger partial charge in [0.25, 0.3) is 0 Å². The Bertz CT molecular complexity index is 278. The van der Waals surface area contributed by atoms with Crippen molar-refractivity contribution in [3.8, 4) is 0 Å². The van der Waals surface area contributed by atoms with Crippen LogP contribution in [0.2, 0.25) is 0 Å². The van der Waals surface area contributed by atoms with Gasteiger partial charge in [0.2, 0.25) is 0 Å². The van der Waals surface area contributed by atoms with Crippen LogP contribution in [0.4, 0.5) is 4.39 Å². The number of hydrogen-bond donors (Lipinski definition) is 2. The van der Waals surface area contributed by atoms with Crippen LogP contribution in [0.15, 0.2) is 18.2 Å². The Labute approximate surface area is 84.3 Å². The smallest absolute Gasteiger partial charge is 0.129 e. The van der Waals surface area contributed by atoms with Gasteiger partial charge in [0.1, 0.15) is 5.82 Å². The van der Waals surface area contributed by atoms with E-state index >= 15 is 0 Å². The molecule has 1 rings (SSSR count). The highest BCUT2D eigenvalue weighted by Crippen LogP contribution is 2.16. The van der Waals surface area contributed by atoms with Gasteiger partial charge in [-0.05, 0) is 34.7 Å². The fourth-order valence-corrected chi connectivity index (χ4v) is 1.38. The molecule has 0 amide bonds. The van der Waals surface area contributed by atoms with Gasteiger partial charge >= 0.3 is 0 Å². The highest BCUT2D eigenvalue weighted by Gasteiger charge is 2.08. The van der Waals surface area contributed by atoms with E-state index in [-0.39, 0.29) is 12.4 Å². The first-order valence-electron chi connectivity index (χ1n) is 3.55. The molecule has 1 aromatic carbocycles. The van der Waals surface area contributed by atoms with E-state index in [0.717, 1.165) is 3.57 Å². The van der Waals surface area contributed by atoms with Crippen molar-refractivity contribution in [3.63, 3.8) is 0 Å². The van der Waals surface area contributed by atoms with Gasteiger partial charge in [-0.2, -0.15) is 0 Å². The van der Waals surface area contributed by atoms with Crippen molar-refractivity contribution >= 4 is 22.6 Å². The molecule has 0 fully saturated rings. The lowest BCUT2D eigenvalue weighted by molar-refractivity contribution is 0.583. The van der Waals surface area contributed by atoms with Gasteiger partial charge in [-0.1, -0.05) is 6.07 Å². The van der Waals surface area contributed by atoms with Gasteiger partial charge in [-0.15, -0.1) is 0 Å². The lowest BCUT2D eigenvalue weighted by Gasteiger charge is -2.09. The minimum Gasteiger partial charge on any atom is -0.329 e. The largest absolute Gasteiger partial charge is 0.329 e. The summed E-state index contributed by atoms with van der Waals surface area (Å²) in [5.74, 6) is -0.278. The quantitative estimate of drug-likeness (QED) is 0.804. The summed E-state index contributed by atoms with van der Waals surface area (Å²) in [6, 6.07) is 4.54. The van der Waals surface area contributed by atoms with Crippen LogP contribution in [-0.2, 0) is 0 Å². The Morgan fingerprint density at radius 1 is 1.50 bits per heavy atom. The maximum atomic E-state index is 13.1. The zero-order valence-electron chi connectivity index (χ0n) is 6.43. The standard InChI is InChI=1S/C8H10FIN2/c9-7-3-5(10)1-2-6(7)8(12)4-11/h1-3,8H,4,11-12H2. The number of halogens is 2. The highest BCUT2D eigenvalue weighted by atomic mass is 127. The number of benzene rings is 1. The number of hydrogen-bond acceptors (Lipinski definition) is 2. The zero-order chi connectivity index (χ0) is 9.14. The van der Waals surface area contributed by atoms with E-state index in [1.165, 1.54) is 6.07 Å². The van der Waals surface area contributed by atoms with Crippen LogP contribution < -0.4 is 11.5 Å². The summed E-state index contributed by atoms with van der Waals surface area (Å²) in [4.78, 5) is 0. The molecule has 12 heavy (non-hydrogen) atoms. The summed E-state index contributed by atoms with van der Waals surface area (Å²) >= 11 is 2.05. The molecule has 1 aromatic rings. The van der Waals surface area contributed by atoms with Crippen LogP contribution in [0.3, 0.4) is 0 Å². The topological polar surface area (TPSA) is 52.0 Å². The summed E-state index contributed by atoms with van der Waals surface area (Å²) in [6.07, 6.45) is 0. The molecule has 0 aliphatic carbocycles. The van der Waals surface area contributed by atoms with Crippen LogP contribution in [0.25, 0.3) is 0 Å². The Balaban J connectivity index is 3.01. The predicted molar refractivity (Wildman–Crippen MR) is 55.1 cm³/mol. The summed E-state index contributed by atoms with van der Waals surface area (Å²) in [5, 5.41) is 0. The highest BCUT2D eigenvalue weighted by molar-refractivity contribution is 14.1. The second kappa shape index (κ2) is 4.15. The lowest BCUT2D eigenvalue weighted by atomic mass is 10.1. The van der Waals surface area contributed by atoms with Gasteiger partial charge in [0, 0.05) is 21.7 Å². The first-order valence-corrected chi connectivity index (χ1v) is 4.63. The lowest BCUT2D eigenvalue weighted by Crippen LogP contribution is -2.21. The minimum absolute atomic E-state index is 0.261. The molecule has 1 unspecified atom stereocenters. The molecule has 0 saturated heterocycles. The van der Waals surface area contributed by atoms with E-state index in [1.54, 1.807) is 6.07 Å². The summed E-state index contributed by atoms with van der Waals surface area (Å²) in [7, 11) is 0. The molecule has 0 aliphatic rings. The van der Waals surface area contributed by atoms with Gasteiger partial charge in [-0.3, -0.25) is 0 Å². The van der Waals surface area contributed by atoms with Crippen LogP contribution in [-0.4, -0.2) is 6.54 Å². The SMILES string of the molecule is NCC(N)c1ccc(I)cc1F. The minimum atomic E-state index is -0.401. The van der Waals surface area contributed by atoms with E-state index < -0.39 is 6.04 Å². The molecule has 4 N–H and O–H groups in total. The first kappa shape index (κ1) is 9.88. The third-order valence-electron chi connectivity index (χ3n) is 1.62. The molecule has 66 valence electrons. The summed E-state index contributed by atoms with van der Waals surface area (Å²) < 4.78 is 14.0. The number of rotatable bonds is 2. The van der Waals surface area contributed by atoms with Gasteiger partial charge < -0.3 is 11.5 Å². The predicted octanol–water partition coefficient (Wildman–Crippen LogP) is 1.39. The van der Waals surface area contributed by atoms with Crippen molar-refractivity contribution in [3.05, 3.63) is 33.1 Å². The number of nitrogens with two attached hydrogens (primary N) is 2. The monoisotopic (exact) mass is 280 g/mol. The molecule has 0 radical (unpaired) electrons. The van der Waals surface area contributed by atoms with Crippen LogP contribution >= 0.6 is 22.6 Å². The van der Waals surface area contributed by atoms with Crippen molar-refractivity contribution < 1.29 is 4.39 Å². The van der Waals surface area contributed by atoms with Gasteiger partial charge in [0.15, 0.2) is 0 Å². The Hall–Kier alpha value is -0.200. The molecule has 0 bridgehead atoms. The maximum Gasteiger partial charge on any atom is 0.129 e. The second-order valence-electron chi connectivity index (χ2n) is 2.51. The van der Waals surface area contributed by atoms with Crippen molar-refractivity contribution in [2.45, 2.75) is 6.04 Å². The van der Waals surface area contributed by atoms with Crippen LogP contribution in [0, 0.1) is 9.39 Å². The Kier molecular flexibility index (Phi) is 3.42. The van der Waals surface area contributed by atoms with Crippen molar-refractivity contribution in [1.29, 1.82) is 0 Å². The average molecular weight is 280 g/mol. The fourth-order valence-electron chi connectivity index (χ4n) is 0.929.